The lowest BCUT2D eigenvalue weighted by Gasteiger charge is -2.34. The number of anilines is 1. The molecular formula is C25H33N7O2S. The van der Waals surface area contributed by atoms with Gasteiger partial charge >= 0.3 is 0 Å². The molecule has 2 aliphatic heterocycles. The highest BCUT2D eigenvalue weighted by Gasteiger charge is 2.47. The largest absolute Gasteiger partial charge is 0.379 e. The van der Waals surface area contributed by atoms with Crippen LogP contribution in [0.5, 0.6) is 0 Å². The van der Waals surface area contributed by atoms with Crippen molar-refractivity contribution in [2.75, 3.05) is 51.8 Å². The lowest BCUT2D eigenvalue weighted by atomic mass is 10.0. The molecule has 1 amide bonds. The number of thiophene rings is 1. The van der Waals surface area contributed by atoms with Crippen LogP contribution < -0.4 is 10.6 Å². The molecule has 3 aliphatic rings. The molecule has 0 atom stereocenters. The number of fused-ring (bicyclic) bond motifs is 1. The minimum atomic E-state index is -0.366. The van der Waals surface area contributed by atoms with Crippen molar-refractivity contribution in [2.45, 2.75) is 32.2 Å². The number of allylic oxidation sites excluding steroid dienone is 1. The van der Waals surface area contributed by atoms with E-state index in [0.29, 0.717) is 23.7 Å². The summed E-state index contributed by atoms with van der Waals surface area (Å²) >= 11 is 1.63. The second-order valence-corrected chi connectivity index (χ2v) is 11.1. The number of nitrogens with one attached hydrogen (secondary N) is 3. The van der Waals surface area contributed by atoms with Gasteiger partial charge in [-0.25, -0.2) is 9.97 Å². The van der Waals surface area contributed by atoms with Crippen LogP contribution >= 0.6 is 11.3 Å². The van der Waals surface area contributed by atoms with Gasteiger partial charge in [0.2, 0.25) is 5.95 Å². The molecule has 3 N–H and O–H groups in total. The Labute approximate surface area is 210 Å². The molecule has 2 aromatic heterocycles. The quantitative estimate of drug-likeness (QED) is 0.483. The summed E-state index contributed by atoms with van der Waals surface area (Å²) in [6, 6.07) is 3.83. The topological polar surface area (TPSA) is 106 Å². The van der Waals surface area contributed by atoms with Crippen LogP contribution in [0, 0.1) is 10.8 Å². The number of nitrogens with zero attached hydrogens (tertiary/aromatic N) is 4. The summed E-state index contributed by atoms with van der Waals surface area (Å²) in [6.07, 6.45) is 7.00. The Balaban J connectivity index is 1.31. The van der Waals surface area contributed by atoms with Crippen molar-refractivity contribution in [3.05, 3.63) is 40.7 Å². The molecule has 1 saturated carbocycles. The van der Waals surface area contributed by atoms with Crippen molar-refractivity contribution in [1.82, 2.24) is 25.1 Å². The molecule has 0 bridgehead atoms. The molecule has 0 aromatic carbocycles. The first-order valence-corrected chi connectivity index (χ1v) is 12.9. The van der Waals surface area contributed by atoms with Gasteiger partial charge in [0, 0.05) is 55.9 Å². The highest BCUT2D eigenvalue weighted by Crippen LogP contribution is 2.48. The summed E-state index contributed by atoms with van der Waals surface area (Å²) in [4.78, 5) is 28.9. The zero-order valence-corrected chi connectivity index (χ0v) is 21.4. The minimum absolute atomic E-state index is 0.0958. The lowest BCUT2D eigenvalue weighted by molar-refractivity contribution is 0.0583. The SMILES string of the molecule is CN/C(=C\C=N)Nc1nccc(-c2cc3c(s2)C(C)(C)N(CCN2CCOCC4(CC4)C2)C3=O)n1. The van der Waals surface area contributed by atoms with E-state index in [1.54, 1.807) is 30.7 Å². The first-order valence-electron chi connectivity index (χ1n) is 12.1. The van der Waals surface area contributed by atoms with Gasteiger partial charge in [-0.3, -0.25) is 9.69 Å². The van der Waals surface area contributed by atoms with Gasteiger partial charge in [0.1, 0.15) is 5.82 Å². The second-order valence-electron chi connectivity index (χ2n) is 10.1. The average molecular weight is 496 g/mol. The van der Waals surface area contributed by atoms with E-state index in [2.05, 4.69) is 39.3 Å². The Morgan fingerprint density at radius 1 is 1.34 bits per heavy atom. The first kappa shape index (κ1) is 23.9. The summed E-state index contributed by atoms with van der Waals surface area (Å²) in [5, 5.41) is 13.3. The highest BCUT2D eigenvalue weighted by molar-refractivity contribution is 7.16. The monoisotopic (exact) mass is 495 g/mol. The van der Waals surface area contributed by atoms with Crippen LogP contribution in [-0.4, -0.2) is 78.3 Å². The molecule has 0 unspecified atom stereocenters. The summed E-state index contributed by atoms with van der Waals surface area (Å²) < 4.78 is 5.83. The van der Waals surface area contributed by atoms with Gasteiger partial charge < -0.3 is 25.7 Å². The van der Waals surface area contributed by atoms with Gasteiger partial charge in [0.05, 0.1) is 34.9 Å². The van der Waals surface area contributed by atoms with Crippen molar-refractivity contribution in [2.24, 2.45) is 5.41 Å². The predicted molar refractivity (Wildman–Crippen MR) is 138 cm³/mol. The van der Waals surface area contributed by atoms with Crippen molar-refractivity contribution in [1.29, 1.82) is 5.41 Å². The summed E-state index contributed by atoms with van der Waals surface area (Å²) in [7, 11) is 1.76. The fourth-order valence-corrected chi connectivity index (χ4v) is 6.20. The van der Waals surface area contributed by atoms with E-state index in [4.69, 9.17) is 10.1 Å². The molecule has 0 radical (unpaired) electrons. The van der Waals surface area contributed by atoms with Gasteiger partial charge in [0.25, 0.3) is 5.91 Å². The molecule has 2 fully saturated rings. The Kier molecular flexibility index (Phi) is 6.37. The number of aromatic nitrogens is 2. The Hall–Kier alpha value is -2.82. The zero-order chi connectivity index (χ0) is 24.6. The maximum atomic E-state index is 13.5. The standard InChI is InChI=1S/C25H33N7O2S/c1-24(2)21-17(22(33)32(24)11-10-31-12-13-34-16-25(15-31)6-7-25)14-19(35-21)18-5-9-28-23(29-18)30-20(27-3)4-8-26/h4-5,8-9,14,26-27H,6-7,10-13,15-16H2,1-3H3,(H,28,29,30)/b20-4+,26-8?. The van der Waals surface area contributed by atoms with E-state index in [1.165, 1.54) is 19.1 Å². The third-order valence-electron chi connectivity index (χ3n) is 7.23. The van der Waals surface area contributed by atoms with Crippen LogP contribution in [0.4, 0.5) is 5.95 Å². The Bertz CT molecular complexity index is 1150. The van der Waals surface area contributed by atoms with Crippen LogP contribution in [0.3, 0.4) is 0 Å². The molecule has 10 heteroatoms. The van der Waals surface area contributed by atoms with Crippen LogP contribution in [0.2, 0.25) is 0 Å². The highest BCUT2D eigenvalue weighted by atomic mass is 32.1. The predicted octanol–water partition coefficient (Wildman–Crippen LogP) is 3.13. The summed E-state index contributed by atoms with van der Waals surface area (Å²) in [5.41, 5.74) is 1.54. The number of hydrogen-bond donors (Lipinski definition) is 3. The molecule has 5 rings (SSSR count). The number of carbonyl (C=O) groups excluding carboxylic acids is 1. The van der Waals surface area contributed by atoms with Gasteiger partial charge in [-0.15, -0.1) is 11.3 Å². The number of amides is 1. The molecular weight excluding hydrogens is 462 g/mol. The smallest absolute Gasteiger partial charge is 0.255 e. The van der Waals surface area contributed by atoms with Gasteiger partial charge in [-0.05, 0) is 44.9 Å². The maximum absolute atomic E-state index is 13.5. The first-order chi connectivity index (χ1) is 16.8. The Morgan fingerprint density at radius 2 is 2.17 bits per heavy atom. The average Bonchev–Trinajstić information content (AvgIpc) is 3.46. The number of hydrogen-bond acceptors (Lipinski definition) is 9. The molecule has 1 aliphatic carbocycles. The van der Waals surface area contributed by atoms with Crippen molar-refractivity contribution < 1.29 is 9.53 Å². The van der Waals surface area contributed by atoms with Crippen LogP contribution in [0.15, 0.2) is 30.2 Å². The molecule has 1 saturated heterocycles. The number of ether oxygens (including phenoxy) is 1. The van der Waals surface area contributed by atoms with E-state index in [1.807, 2.05) is 17.0 Å². The van der Waals surface area contributed by atoms with Crippen LogP contribution in [0.1, 0.15) is 41.9 Å². The lowest BCUT2D eigenvalue weighted by Crippen LogP contribution is -2.45. The molecule has 9 nitrogen and oxygen atoms in total. The van der Waals surface area contributed by atoms with E-state index >= 15 is 0 Å². The van der Waals surface area contributed by atoms with Gasteiger partial charge in [-0.2, -0.15) is 0 Å². The molecule has 1 spiro atoms. The van der Waals surface area contributed by atoms with E-state index in [0.717, 1.165) is 53.9 Å². The van der Waals surface area contributed by atoms with E-state index in [-0.39, 0.29) is 11.4 Å². The normalized spacial score (nSPS) is 21.1. The minimum Gasteiger partial charge on any atom is -0.379 e. The van der Waals surface area contributed by atoms with Crippen molar-refractivity contribution in [3.8, 4) is 10.6 Å². The van der Waals surface area contributed by atoms with Crippen LogP contribution in [-0.2, 0) is 10.3 Å². The van der Waals surface area contributed by atoms with E-state index < -0.39 is 0 Å². The van der Waals surface area contributed by atoms with Gasteiger partial charge in [0.15, 0.2) is 0 Å². The molecule has 35 heavy (non-hydrogen) atoms. The fourth-order valence-electron chi connectivity index (χ4n) is 4.97. The number of rotatable bonds is 8. The summed E-state index contributed by atoms with van der Waals surface area (Å²) in [6.45, 7) is 9.54. The fraction of sp³-hybridized carbons (Fsp3) is 0.520. The summed E-state index contributed by atoms with van der Waals surface area (Å²) in [5.74, 6) is 1.15. The van der Waals surface area contributed by atoms with Crippen molar-refractivity contribution in [3.63, 3.8) is 0 Å². The zero-order valence-electron chi connectivity index (χ0n) is 20.6. The van der Waals surface area contributed by atoms with E-state index in [9.17, 15) is 4.79 Å². The number of carbonyl (C=O) groups is 1. The third-order valence-corrected chi connectivity index (χ3v) is 8.70. The van der Waals surface area contributed by atoms with Crippen LogP contribution in [0.25, 0.3) is 10.6 Å². The molecule has 2 aromatic rings. The molecule has 186 valence electrons. The second kappa shape index (κ2) is 9.33. The maximum Gasteiger partial charge on any atom is 0.255 e. The van der Waals surface area contributed by atoms with Crippen molar-refractivity contribution >= 4 is 29.4 Å². The van der Waals surface area contributed by atoms with Gasteiger partial charge in [-0.1, -0.05) is 0 Å². The molecule has 4 heterocycles. The Morgan fingerprint density at radius 3 is 2.89 bits per heavy atom. The third kappa shape index (κ3) is 4.70.